The third-order valence-electron chi connectivity index (χ3n) is 3.32. The average molecular weight is 359 g/mol. The van der Waals surface area contributed by atoms with Crippen LogP contribution in [0.1, 0.15) is 6.92 Å². The first-order valence-electron chi connectivity index (χ1n) is 7.34. The molecule has 0 aliphatic carbocycles. The average Bonchev–Trinajstić information content (AvgIpc) is 3.05. The Bertz CT molecular complexity index is 884. The van der Waals surface area contributed by atoms with Gasteiger partial charge in [-0.3, -0.25) is 4.79 Å². The van der Waals surface area contributed by atoms with Crippen LogP contribution in [0.3, 0.4) is 0 Å². The standard InChI is InChI=1S/C16H14FN5O2S/c1-10(15(24)18-14-5-3-2-4-13(14)17)25-16-19-20-21-22(16)11-6-8-12(23)9-7-11/h2-10,23H,1H3,(H,18,24)/t10-/m1/s1. The predicted octanol–water partition coefficient (Wildman–Crippen LogP) is 2.63. The van der Waals surface area contributed by atoms with Crippen molar-refractivity contribution in [2.45, 2.75) is 17.3 Å². The molecular weight excluding hydrogens is 345 g/mol. The number of carbonyl (C=O) groups excluding carboxylic acids is 1. The summed E-state index contributed by atoms with van der Waals surface area (Å²) in [6.07, 6.45) is 0. The number of rotatable bonds is 5. The Hall–Kier alpha value is -2.94. The first-order valence-corrected chi connectivity index (χ1v) is 8.22. The van der Waals surface area contributed by atoms with Crippen LogP contribution in [-0.2, 0) is 4.79 Å². The highest BCUT2D eigenvalue weighted by atomic mass is 32.2. The van der Waals surface area contributed by atoms with Crippen LogP contribution in [0.4, 0.5) is 10.1 Å². The van der Waals surface area contributed by atoms with Crippen molar-refractivity contribution in [3.05, 3.63) is 54.3 Å². The molecule has 3 rings (SSSR count). The van der Waals surface area contributed by atoms with Crippen LogP contribution in [0.5, 0.6) is 5.75 Å². The molecule has 0 unspecified atom stereocenters. The molecule has 128 valence electrons. The molecular formula is C16H14FN5O2S. The summed E-state index contributed by atoms with van der Waals surface area (Å²) in [4.78, 5) is 12.3. The fourth-order valence-electron chi connectivity index (χ4n) is 2.02. The lowest BCUT2D eigenvalue weighted by Gasteiger charge is -2.12. The number of anilines is 1. The molecule has 1 heterocycles. The van der Waals surface area contributed by atoms with Gasteiger partial charge in [0.2, 0.25) is 11.1 Å². The van der Waals surface area contributed by atoms with E-state index in [0.717, 1.165) is 11.8 Å². The molecule has 1 atom stereocenters. The number of nitrogens with one attached hydrogen (secondary N) is 1. The lowest BCUT2D eigenvalue weighted by molar-refractivity contribution is -0.115. The fourth-order valence-corrected chi connectivity index (χ4v) is 2.82. The van der Waals surface area contributed by atoms with Crippen molar-refractivity contribution < 1.29 is 14.3 Å². The zero-order valence-corrected chi connectivity index (χ0v) is 13.9. The van der Waals surface area contributed by atoms with E-state index < -0.39 is 11.1 Å². The Kier molecular flexibility index (Phi) is 4.94. The first kappa shape index (κ1) is 16.9. The van der Waals surface area contributed by atoms with Crippen LogP contribution in [0.25, 0.3) is 5.69 Å². The number of hydrogen-bond donors (Lipinski definition) is 2. The molecule has 0 saturated carbocycles. The number of benzene rings is 2. The van der Waals surface area contributed by atoms with Crippen molar-refractivity contribution in [3.8, 4) is 11.4 Å². The summed E-state index contributed by atoms with van der Waals surface area (Å²) in [7, 11) is 0. The number of thioether (sulfide) groups is 1. The highest BCUT2D eigenvalue weighted by Crippen LogP contribution is 2.25. The predicted molar refractivity (Wildman–Crippen MR) is 91.2 cm³/mol. The highest BCUT2D eigenvalue weighted by Gasteiger charge is 2.20. The third-order valence-corrected chi connectivity index (χ3v) is 4.35. The number of carbonyl (C=O) groups is 1. The Balaban J connectivity index is 1.72. The molecule has 2 aromatic carbocycles. The van der Waals surface area contributed by atoms with Crippen molar-refractivity contribution in [2.75, 3.05) is 5.32 Å². The number of nitrogens with zero attached hydrogens (tertiary/aromatic N) is 4. The van der Waals surface area contributed by atoms with E-state index in [0.29, 0.717) is 10.8 Å². The fraction of sp³-hybridized carbons (Fsp3) is 0.125. The largest absolute Gasteiger partial charge is 0.508 e. The molecule has 0 spiro atoms. The second-order valence-electron chi connectivity index (χ2n) is 5.12. The molecule has 7 nitrogen and oxygen atoms in total. The zero-order chi connectivity index (χ0) is 17.8. The van der Waals surface area contributed by atoms with Crippen molar-refractivity contribution in [1.82, 2.24) is 20.2 Å². The first-order chi connectivity index (χ1) is 12.0. The second kappa shape index (κ2) is 7.31. The van der Waals surface area contributed by atoms with E-state index in [1.54, 1.807) is 31.2 Å². The van der Waals surface area contributed by atoms with Gasteiger partial charge in [0, 0.05) is 0 Å². The minimum Gasteiger partial charge on any atom is -0.508 e. The molecule has 2 N–H and O–H groups in total. The maximum Gasteiger partial charge on any atom is 0.237 e. The van der Waals surface area contributed by atoms with E-state index in [1.807, 2.05) is 0 Å². The number of aromatic nitrogens is 4. The number of phenolic OH excluding ortho intramolecular Hbond substituents is 1. The molecule has 0 fully saturated rings. The molecule has 0 saturated heterocycles. The van der Waals surface area contributed by atoms with Gasteiger partial charge in [0.15, 0.2) is 0 Å². The summed E-state index contributed by atoms with van der Waals surface area (Å²) in [5, 5.41) is 23.2. The minimum atomic E-state index is -0.554. The number of amides is 1. The van der Waals surface area contributed by atoms with Crippen molar-refractivity contribution in [1.29, 1.82) is 0 Å². The van der Waals surface area contributed by atoms with Crippen LogP contribution in [0.15, 0.2) is 53.7 Å². The molecule has 1 amide bonds. The van der Waals surface area contributed by atoms with Gasteiger partial charge in [-0.2, -0.15) is 4.68 Å². The van der Waals surface area contributed by atoms with Gasteiger partial charge in [0.1, 0.15) is 11.6 Å². The maximum atomic E-state index is 13.6. The Morgan fingerprint density at radius 1 is 1.24 bits per heavy atom. The zero-order valence-electron chi connectivity index (χ0n) is 13.1. The van der Waals surface area contributed by atoms with Gasteiger partial charge in [-0.25, -0.2) is 4.39 Å². The van der Waals surface area contributed by atoms with E-state index in [-0.39, 0.29) is 17.3 Å². The van der Waals surface area contributed by atoms with Gasteiger partial charge in [0.25, 0.3) is 0 Å². The number of aromatic hydroxyl groups is 1. The van der Waals surface area contributed by atoms with Crippen LogP contribution >= 0.6 is 11.8 Å². The summed E-state index contributed by atoms with van der Waals surface area (Å²) in [6.45, 7) is 1.68. The quantitative estimate of drug-likeness (QED) is 0.680. The van der Waals surface area contributed by atoms with Crippen molar-refractivity contribution in [3.63, 3.8) is 0 Å². The van der Waals surface area contributed by atoms with Crippen molar-refractivity contribution in [2.24, 2.45) is 0 Å². The number of phenols is 1. The van der Waals surface area contributed by atoms with Gasteiger partial charge in [-0.1, -0.05) is 23.9 Å². The van der Waals surface area contributed by atoms with Crippen LogP contribution in [0, 0.1) is 5.82 Å². The number of para-hydroxylation sites is 1. The Labute approximate surface area is 146 Å². The third kappa shape index (κ3) is 3.94. The van der Waals surface area contributed by atoms with Crippen LogP contribution in [0.2, 0.25) is 0 Å². The molecule has 0 bridgehead atoms. The monoisotopic (exact) mass is 359 g/mol. The molecule has 0 aliphatic rings. The Morgan fingerprint density at radius 3 is 2.68 bits per heavy atom. The van der Waals surface area contributed by atoms with E-state index in [9.17, 15) is 14.3 Å². The normalized spacial score (nSPS) is 11.9. The van der Waals surface area contributed by atoms with E-state index in [1.165, 1.54) is 28.9 Å². The number of hydrogen-bond acceptors (Lipinski definition) is 6. The second-order valence-corrected chi connectivity index (χ2v) is 6.43. The van der Waals surface area contributed by atoms with Crippen molar-refractivity contribution >= 4 is 23.4 Å². The van der Waals surface area contributed by atoms with E-state index >= 15 is 0 Å². The van der Waals surface area contributed by atoms with E-state index in [2.05, 4.69) is 20.8 Å². The molecule has 0 radical (unpaired) electrons. The molecule has 3 aromatic rings. The molecule has 0 aliphatic heterocycles. The number of halogens is 1. The van der Waals surface area contributed by atoms with Crippen LogP contribution < -0.4 is 5.32 Å². The summed E-state index contributed by atoms with van der Waals surface area (Å²) in [6, 6.07) is 12.3. The van der Waals surface area contributed by atoms with Gasteiger partial charge < -0.3 is 10.4 Å². The van der Waals surface area contributed by atoms with Gasteiger partial charge in [-0.15, -0.1) is 5.10 Å². The lowest BCUT2D eigenvalue weighted by atomic mass is 10.3. The summed E-state index contributed by atoms with van der Waals surface area (Å²) in [5.41, 5.74) is 0.769. The topological polar surface area (TPSA) is 92.9 Å². The molecule has 25 heavy (non-hydrogen) atoms. The molecule has 9 heteroatoms. The smallest absolute Gasteiger partial charge is 0.237 e. The van der Waals surface area contributed by atoms with E-state index in [4.69, 9.17) is 0 Å². The summed E-state index contributed by atoms with van der Waals surface area (Å²) >= 11 is 1.14. The van der Waals surface area contributed by atoms with Gasteiger partial charge in [0.05, 0.1) is 16.6 Å². The highest BCUT2D eigenvalue weighted by molar-refractivity contribution is 8.00. The Morgan fingerprint density at radius 2 is 1.96 bits per heavy atom. The molecule has 1 aromatic heterocycles. The number of tetrazole rings is 1. The van der Waals surface area contributed by atoms with Gasteiger partial charge in [-0.05, 0) is 53.7 Å². The SMILES string of the molecule is C[C@@H](Sc1nnnn1-c1ccc(O)cc1)C(=O)Nc1ccccc1F. The maximum absolute atomic E-state index is 13.6. The van der Waals surface area contributed by atoms with Gasteiger partial charge >= 0.3 is 0 Å². The summed E-state index contributed by atoms with van der Waals surface area (Å²) in [5.74, 6) is -0.735. The lowest BCUT2D eigenvalue weighted by Crippen LogP contribution is -2.23. The minimum absolute atomic E-state index is 0.123. The van der Waals surface area contributed by atoms with Crippen LogP contribution in [-0.4, -0.2) is 36.5 Å². The summed E-state index contributed by atoms with van der Waals surface area (Å²) < 4.78 is 15.1.